The van der Waals surface area contributed by atoms with E-state index in [4.69, 9.17) is 5.11 Å². The van der Waals surface area contributed by atoms with Crippen LogP contribution in [0.4, 0.5) is 0 Å². The van der Waals surface area contributed by atoms with Gasteiger partial charge in [-0.15, -0.1) is 0 Å². The fourth-order valence-electron chi connectivity index (χ4n) is 1.81. The van der Waals surface area contributed by atoms with Gasteiger partial charge in [-0.05, 0) is 18.1 Å². The van der Waals surface area contributed by atoms with Crippen molar-refractivity contribution in [2.24, 2.45) is 0 Å². The van der Waals surface area contributed by atoms with Crippen molar-refractivity contribution < 1.29 is 25.2 Å². The van der Waals surface area contributed by atoms with Crippen LogP contribution in [-0.4, -0.2) is 32.4 Å². The van der Waals surface area contributed by atoms with Crippen molar-refractivity contribution in [3.05, 3.63) is 17.2 Å². The number of rotatable bonds is 1. The molecule has 1 aromatic carbocycles. The third-order valence-corrected chi connectivity index (χ3v) is 2.70. The number of hydrogen-bond acceptors (Lipinski definition) is 5. The molecule has 0 unspecified atom stereocenters. The monoisotopic (exact) mass is 225 g/mol. The largest absolute Gasteiger partial charge is 0.504 e. The van der Waals surface area contributed by atoms with E-state index in [0.717, 1.165) is 0 Å². The first-order valence-corrected chi connectivity index (χ1v) is 4.72. The Kier molecular flexibility index (Phi) is 2.35. The number of phenols is 3. The number of aliphatic carboxylic acids is 1. The molecule has 1 aliphatic rings. The second-order valence-electron chi connectivity index (χ2n) is 3.71. The molecule has 0 fully saturated rings. The van der Waals surface area contributed by atoms with E-state index in [2.05, 4.69) is 5.32 Å². The van der Waals surface area contributed by atoms with Gasteiger partial charge in [0.15, 0.2) is 11.5 Å². The van der Waals surface area contributed by atoms with Gasteiger partial charge in [-0.1, -0.05) is 0 Å². The Morgan fingerprint density at radius 1 is 1.31 bits per heavy atom. The average Bonchev–Trinajstić information content (AvgIpc) is 2.25. The number of carbonyl (C=O) groups is 1. The molecule has 0 radical (unpaired) electrons. The van der Waals surface area contributed by atoms with Crippen LogP contribution in [0.1, 0.15) is 11.1 Å². The van der Waals surface area contributed by atoms with E-state index in [1.165, 1.54) is 6.07 Å². The molecule has 2 rings (SSSR count). The molecule has 0 amide bonds. The van der Waals surface area contributed by atoms with E-state index < -0.39 is 29.3 Å². The van der Waals surface area contributed by atoms with E-state index in [0.29, 0.717) is 11.1 Å². The summed E-state index contributed by atoms with van der Waals surface area (Å²) in [6, 6.07) is 0.539. The predicted octanol–water partition coefficient (Wildman–Crippen LogP) is -0.0977. The summed E-state index contributed by atoms with van der Waals surface area (Å²) >= 11 is 0. The van der Waals surface area contributed by atoms with Crippen LogP contribution < -0.4 is 5.32 Å². The van der Waals surface area contributed by atoms with Crippen molar-refractivity contribution in [3.8, 4) is 17.2 Å². The lowest BCUT2D eigenvalue weighted by atomic mass is 9.94. The summed E-state index contributed by atoms with van der Waals surface area (Å²) in [5.41, 5.74) is 0.951. The van der Waals surface area contributed by atoms with Gasteiger partial charge in [-0.3, -0.25) is 10.1 Å². The Morgan fingerprint density at radius 2 is 2.00 bits per heavy atom. The topological polar surface area (TPSA) is 110 Å². The van der Waals surface area contributed by atoms with Crippen LogP contribution >= 0.6 is 0 Å². The third-order valence-electron chi connectivity index (χ3n) is 2.70. The maximum Gasteiger partial charge on any atom is 0.321 e. The zero-order valence-electron chi connectivity index (χ0n) is 8.27. The second-order valence-corrected chi connectivity index (χ2v) is 3.71. The standard InChI is InChI=1S/C10H11NO5/c12-7-2-4-1-6(10(15)16)11-3-5(4)8(13)9(7)14/h2,6,11-14H,1,3H2,(H,15,16)/t6-/m0/s1. The van der Waals surface area contributed by atoms with Crippen LogP contribution in [0.5, 0.6) is 17.2 Å². The Balaban J connectivity index is 2.44. The lowest BCUT2D eigenvalue weighted by Gasteiger charge is -2.24. The normalized spacial score (nSPS) is 19.1. The molecular weight excluding hydrogens is 214 g/mol. The van der Waals surface area contributed by atoms with E-state index in [9.17, 15) is 20.1 Å². The highest BCUT2D eigenvalue weighted by Crippen LogP contribution is 2.40. The molecule has 0 saturated heterocycles. The van der Waals surface area contributed by atoms with Gasteiger partial charge in [0.05, 0.1) is 0 Å². The summed E-state index contributed by atoms with van der Waals surface area (Å²) < 4.78 is 0. The molecule has 6 heteroatoms. The number of carboxylic acid groups (broad SMARTS) is 1. The van der Waals surface area contributed by atoms with Crippen molar-refractivity contribution >= 4 is 5.97 Å². The maximum absolute atomic E-state index is 10.8. The van der Waals surface area contributed by atoms with Crippen LogP contribution in [0.25, 0.3) is 0 Å². The first-order chi connectivity index (χ1) is 7.50. The van der Waals surface area contributed by atoms with Gasteiger partial charge in [-0.2, -0.15) is 0 Å². The van der Waals surface area contributed by atoms with Crippen molar-refractivity contribution in [1.82, 2.24) is 5.32 Å². The summed E-state index contributed by atoms with van der Waals surface area (Å²) in [7, 11) is 0. The van der Waals surface area contributed by atoms with Crippen molar-refractivity contribution in [2.75, 3.05) is 0 Å². The number of phenolic OH excluding ortho intramolecular Hbond substituents is 3. The fourth-order valence-corrected chi connectivity index (χ4v) is 1.81. The second kappa shape index (κ2) is 3.57. The Morgan fingerprint density at radius 3 is 2.62 bits per heavy atom. The Bertz CT molecular complexity index is 457. The Labute approximate surface area is 90.8 Å². The molecule has 1 heterocycles. The molecule has 1 aliphatic heterocycles. The number of benzene rings is 1. The van der Waals surface area contributed by atoms with Crippen LogP contribution in [0.15, 0.2) is 6.07 Å². The van der Waals surface area contributed by atoms with Gasteiger partial charge in [0, 0.05) is 12.1 Å². The highest BCUT2D eigenvalue weighted by Gasteiger charge is 2.27. The van der Waals surface area contributed by atoms with Gasteiger partial charge in [-0.25, -0.2) is 0 Å². The average molecular weight is 225 g/mol. The smallest absolute Gasteiger partial charge is 0.321 e. The molecule has 0 saturated carbocycles. The molecule has 86 valence electrons. The molecule has 1 atom stereocenters. The first kappa shape index (κ1) is 10.6. The molecule has 0 aromatic heterocycles. The van der Waals surface area contributed by atoms with Crippen LogP contribution in [0, 0.1) is 0 Å². The number of carboxylic acids is 1. The summed E-state index contributed by atoms with van der Waals surface area (Å²) in [4.78, 5) is 10.8. The molecule has 0 bridgehead atoms. The lowest BCUT2D eigenvalue weighted by Crippen LogP contribution is -2.41. The molecule has 0 aliphatic carbocycles. The first-order valence-electron chi connectivity index (χ1n) is 4.72. The molecule has 5 N–H and O–H groups in total. The summed E-state index contributed by atoms with van der Waals surface area (Å²) in [5.74, 6) is -2.40. The van der Waals surface area contributed by atoms with Crippen molar-refractivity contribution in [2.45, 2.75) is 19.0 Å². The molecule has 6 nitrogen and oxygen atoms in total. The zero-order valence-corrected chi connectivity index (χ0v) is 8.27. The van der Waals surface area contributed by atoms with Gasteiger partial charge in [0.1, 0.15) is 6.04 Å². The summed E-state index contributed by atoms with van der Waals surface area (Å²) in [6.07, 6.45) is 0.159. The van der Waals surface area contributed by atoms with Crippen LogP contribution in [0.2, 0.25) is 0 Å². The van der Waals surface area contributed by atoms with E-state index >= 15 is 0 Å². The van der Waals surface area contributed by atoms with Crippen LogP contribution in [0.3, 0.4) is 0 Å². The predicted molar refractivity (Wildman–Crippen MR) is 53.4 cm³/mol. The van der Waals surface area contributed by atoms with Crippen molar-refractivity contribution in [1.29, 1.82) is 0 Å². The number of nitrogens with one attached hydrogen (secondary N) is 1. The van der Waals surface area contributed by atoms with E-state index in [1.807, 2.05) is 0 Å². The maximum atomic E-state index is 10.8. The van der Waals surface area contributed by atoms with Gasteiger partial charge < -0.3 is 20.4 Å². The fraction of sp³-hybridized carbons (Fsp3) is 0.300. The van der Waals surface area contributed by atoms with E-state index in [-0.39, 0.29) is 13.0 Å². The SMILES string of the molecule is O=C(O)[C@@H]1Cc2cc(O)c(O)c(O)c2CN1. The number of fused-ring (bicyclic) bond motifs is 1. The molecule has 16 heavy (non-hydrogen) atoms. The zero-order chi connectivity index (χ0) is 11.9. The minimum atomic E-state index is -0.988. The van der Waals surface area contributed by atoms with Crippen LogP contribution in [-0.2, 0) is 17.8 Å². The number of hydrogen-bond donors (Lipinski definition) is 5. The molecular formula is C10H11NO5. The highest BCUT2D eigenvalue weighted by molar-refractivity contribution is 5.75. The Hall–Kier alpha value is -1.95. The van der Waals surface area contributed by atoms with Gasteiger partial charge in [0.25, 0.3) is 0 Å². The number of aromatic hydroxyl groups is 3. The summed E-state index contributed by atoms with van der Waals surface area (Å²) in [5, 5.41) is 39.7. The molecule has 0 spiro atoms. The lowest BCUT2D eigenvalue weighted by molar-refractivity contribution is -0.139. The molecule has 1 aromatic rings. The minimum Gasteiger partial charge on any atom is -0.504 e. The van der Waals surface area contributed by atoms with Gasteiger partial charge in [0.2, 0.25) is 5.75 Å². The third kappa shape index (κ3) is 1.53. The van der Waals surface area contributed by atoms with Gasteiger partial charge >= 0.3 is 5.97 Å². The minimum absolute atomic E-state index is 0.145. The quantitative estimate of drug-likeness (QED) is 0.427. The highest BCUT2D eigenvalue weighted by atomic mass is 16.4. The summed E-state index contributed by atoms with van der Waals surface area (Å²) in [6.45, 7) is 0.145. The van der Waals surface area contributed by atoms with E-state index in [1.54, 1.807) is 0 Å². The van der Waals surface area contributed by atoms with Crippen molar-refractivity contribution in [3.63, 3.8) is 0 Å².